The van der Waals surface area contributed by atoms with Crippen LogP contribution in [0, 0.1) is 5.82 Å². The van der Waals surface area contributed by atoms with Crippen molar-refractivity contribution in [1.29, 1.82) is 0 Å². The minimum Gasteiger partial charge on any atom is -0.383 e. The first-order chi connectivity index (χ1) is 15.3. The molecule has 0 spiro atoms. The first-order valence-electron chi connectivity index (χ1n) is 9.93. The van der Waals surface area contributed by atoms with Gasteiger partial charge in [0.15, 0.2) is 5.78 Å². The molecule has 0 radical (unpaired) electrons. The predicted molar refractivity (Wildman–Crippen MR) is 121 cm³/mol. The number of para-hydroxylation sites is 1. The molecule has 0 unspecified atom stereocenters. The predicted octanol–water partition coefficient (Wildman–Crippen LogP) is 4.61. The van der Waals surface area contributed by atoms with Gasteiger partial charge >= 0.3 is 6.03 Å². The number of rotatable bonds is 5. The van der Waals surface area contributed by atoms with Gasteiger partial charge in [0.2, 0.25) is 0 Å². The third-order valence-electron chi connectivity index (χ3n) is 4.94. The number of carbonyl (C=O) groups excluding carboxylic acids is 2. The van der Waals surface area contributed by atoms with E-state index in [1.165, 1.54) is 24.5 Å². The second-order valence-corrected chi connectivity index (χ2v) is 7.47. The summed E-state index contributed by atoms with van der Waals surface area (Å²) in [5.74, 6) is -0.613. The number of fused-ring (bicyclic) bond motifs is 1. The van der Waals surface area contributed by atoms with E-state index in [4.69, 9.17) is 5.73 Å². The number of anilines is 3. The summed E-state index contributed by atoms with van der Waals surface area (Å²) >= 11 is 0. The standard InChI is InChI=1S/C23H21FN6O2/c1-13(2)30-11-16(19-21(25)26-12-27-22(19)30)20(31)14-6-5-7-15(10-14)28-23(32)29-18-9-4-3-8-17(18)24/h3-13H,1-2H3,(H2,25,26,27)(H2,28,29,32). The molecule has 0 saturated heterocycles. The third-order valence-corrected chi connectivity index (χ3v) is 4.94. The van der Waals surface area contributed by atoms with Gasteiger partial charge in [0.25, 0.3) is 0 Å². The van der Waals surface area contributed by atoms with Crippen molar-refractivity contribution < 1.29 is 14.0 Å². The lowest BCUT2D eigenvalue weighted by molar-refractivity contribution is 0.104. The van der Waals surface area contributed by atoms with E-state index in [1.54, 1.807) is 36.5 Å². The Hall–Kier alpha value is -4.27. The van der Waals surface area contributed by atoms with Crippen LogP contribution in [0.15, 0.2) is 61.1 Å². The van der Waals surface area contributed by atoms with Gasteiger partial charge < -0.3 is 20.9 Å². The fourth-order valence-corrected chi connectivity index (χ4v) is 3.42. The van der Waals surface area contributed by atoms with Crippen LogP contribution < -0.4 is 16.4 Å². The molecule has 2 amide bonds. The number of halogens is 1. The average molecular weight is 432 g/mol. The molecule has 4 N–H and O–H groups in total. The first-order valence-corrected chi connectivity index (χ1v) is 9.93. The number of aromatic nitrogens is 3. The topological polar surface area (TPSA) is 115 Å². The van der Waals surface area contributed by atoms with Gasteiger partial charge in [-0.05, 0) is 38.1 Å². The molecule has 0 atom stereocenters. The van der Waals surface area contributed by atoms with E-state index in [9.17, 15) is 14.0 Å². The number of ketones is 1. The SMILES string of the molecule is CC(C)n1cc(C(=O)c2cccc(NC(=O)Nc3ccccc3F)c2)c2c(N)ncnc21. The minimum absolute atomic E-state index is 0.0502. The summed E-state index contributed by atoms with van der Waals surface area (Å²) < 4.78 is 15.6. The summed E-state index contributed by atoms with van der Waals surface area (Å²) in [4.78, 5) is 33.9. The van der Waals surface area contributed by atoms with Gasteiger partial charge in [-0.1, -0.05) is 24.3 Å². The Balaban J connectivity index is 1.62. The highest BCUT2D eigenvalue weighted by molar-refractivity contribution is 6.18. The highest BCUT2D eigenvalue weighted by Gasteiger charge is 2.21. The van der Waals surface area contributed by atoms with Crippen molar-refractivity contribution in [2.24, 2.45) is 0 Å². The fraction of sp³-hybridized carbons (Fsp3) is 0.130. The third kappa shape index (κ3) is 4.00. The molecule has 2 heterocycles. The lowest BCUT2D eigenvalue weighted by Crippen LogP contribution is -2.20. The number of amides is 2. The van der Waals surface area contributed by atoms with Crippen LogP contribution in [0.5, 0.6) is 0 Å². The van der Waals surface area contributed by atoms with E-state index >= 15 is 0 Å². The van der Waals surface area contributed by atoms with Gasteiger partial charge in [-0.15, -0.1) is 0 Å². The van der Waals surface area contributed by atoms with Crippen molar-refractivity contribution in [1.82, 2.24) is 14.5 Å². The quantitative estimate of drug-likeness (QED) is 0.399. The van der Waals surface area contributed by atoms with Crippen LogP contribution in [-0.2, 0) is 0 Å². The van der Waals surface area contributed by atoms with E-state index in [1.807, 2.05) is 18.4 Å². The van der Waals surface area contributed by atoms with Gasteiger partial charge in [-0.25, -0.2) is 19.2 Å². The lowest BCUT2D eigenvalue weighted by atomic mass is 10.0. The molecule has 0 aliphatic heterocycles. The van der Waals surface area contributed by atoms with Gasteiger partial charge in [-0.2, -0.15) is 0 Å². The molecule has 0 fully saturated rings. The maximum absolute atomic E-state index is 13.8. The minimum atomic E-state index is -0.631. The van der Waals surface area contributed by atoms with Crippen LogP contribution in [-0.4, -0.2) is 26.3 Å². The largest absolute Gasteiger partial charge is 0.383 e. The maximum Gasteiger partial charge on any atom is 0.323 e. The Labute approximate surface area is 183 Å². The number of nitrogens with one attached hydrogen (secondary N) is 2. The molecule has 2 aromatic carbocycles. The summed E-state index contributed by atoms with van der Waals surface area (Å²) in [6.07, 6.45) is 3.08. The van der Waals surface area contributed by atoms with Gasteiger partial charge in [-0.3, -0.25) is 4.79 Å². The molecule has 0 saturated carbocycles. The molecule has 0 aliphatic carbocycles. The van der Waals surface area contributed by atoms with Crippen molar-refractivity contribution in [2.45, 2.75) is 19.9 Å². The molecule has 2 aromatic heterocycles. The van der Waals surface area contributed by atoms with Crippen molar-refractivity contribution in [3.05, 3.63) is 78.0 Å². The molecule has 0 aliphatic rings. The van der Waals surface area contributed by atoms with Crippen molar-refractivity contribution in [3.63, 3.8) is 0 Å². The van der Waals surface area contributed by atoms with E-state index in [0.717, 1.165) is 0 Å². The average Bonchev–Trinajstić information content (AvgIpc) is 3.16. The monoisotopic (exact) mass is 432 g/mol. The van der Waals surface area contributed by atoms with Crippen LogP contribution in [0.4, 0.5) is 26.4 Å². The fourth-order valence-electron chi connectivity index (χ4n) is 3.42. The van der Waals surface area contributed by atoms with E-state index in [-0.39, 0.29) is 23.3 Å². The Morgan fingerprint density at radius 1 is 1.06 bits per heavy atom. The number of benzene rings is 2. The van der Waals surface area contributed by atoms with Crippen molar-refractivity contribution in [3.8, 4) is 0 Å². The molecular formula is C23H21FN6O2. The van der Waals surface area contributed by atoms with Crippen LogP contribution in [0.1, 0.15) is 35.8 Å². The van der Waals surface area contributed by atoms with E-state index in [2.05, 4.69) is 20.6 Å². The summed E-state index contributed by atoms with van der Waals surface area (Å²) in [6.45, 7) is 3.95. The van der Waals surface area contributed by atoms with Crippen LogP contribution >= 0.6 is 0 Å². The lowest BCUT2D eigenvalue weighted by Gasteiger charge is -2.09. The molecule has 4 rings (SSSR count). The highest BCUT2D eigenvalue weighted by Crippen LogP contribution is 2.29. The van der Waals surface area contributed by atoms with E-state index < -0.39 is 11.8 Å². The van der Waals surface area contributed by atoms with E-state index in [0.29, 0.717) is 27.8 Å². The number of nitrogens with zero attached hydrogens (tertiary/aromatic N) is 3. The molecule has 8 nitrogen and oxygen atoms in total. The van der Waals surface area contributed by atoms with Crippen molar-refractivity contribution in [2.75, 3.05) is 16.4 Å². The number of urea groups is 1. The molecule has 162 valence electrons. The first kappa shape index (κ1) is 21.0. The smallest absolute Gasteiger partial charge is 0.323 e. The Bertz CT molecular complexity index is 1330. The van der Waals surface area contributed by atoms with Gasteiger partial charge in [0, 0.05) is 23.5 Å². The van der Waals surface area contributed by atoms with Crippen LogP contribution in [0.2, 0.25) is 0 Å². The summed E-state index contributed by atoms with van der Waals surface area (Å²) in [5, 5.41) is 5.54. The number of hydrogen-bond acceptors (Lipinski definition) is 5. The number of hydrogen-bond donors (Lipinski definition) is 3. The summed E-state index contributed by atoms with van der Waals surface area (Å²) in [5.41, 5.74) is 7.78. The highest BCUT2D eigenvalue weighted by atomic mass is 19.1. The molecular weight excluding hydrogens is 411 g/mol. The zero-order chi connectivity index (χ0) is 22.8. The summed E-state index contributed by atoms with van der Waals surface area (Å²) in [7, 11) is 0. The second-order valence-electron chi connectivity index (χ2n) is 7.47. The normalized spacial score (nSPS) is 11.0. The molecule has 9 heteroatoms. The molecule has 0 bridgehead atoms. The van der Waals surface area contributed by atoms with Crippen molar-refractivity contribution >= 4 is 40.0 Å². The van der Waals surface area contributed by atoms with Gasteiger partial charge in [0.1, 0.15) is 23.6 Å². The Kier molecular flexibility index (Phi) is 5.55. The molecule has 4 aromatic rings. The zero-order valence-electron chi connectivity index (χ0n) is 17.5. The molecule has 32 heavy (non-hydrogen) atoms. The zero-order valence-corrected chi connectivity index (χ0v) is 17.5. The number of nitrogens with two attached hydrogens (primary N) is 1. The maximum atomic E-state index is 13.8. The van der Waals surface area contributed by atoms with Gasteiger partial charge in [0.05, 0.1) is 16.6 Å². The Morgan fingerprint density at radius 3 is 2.59 bits per heavy atom. The number of carbonyl (C=O) groups is 2. The number of nitrogen functional groups attached to an aromatic ring is 1. The Morgan fingerprint density at radius 2 is 1.84 bits per heavy atom. The van der Waals surface area contributed by atoms with Crippen LogP contribution in [0.25, 0.3) is 11.0 Å². The second kappa shape index (κ2) is 8.46. The van der Waals surface area contributed by atoms with Crippen LogP contribution in [0.3, 0.4) is 0 Å². The summed E-state index contributed by atoms with van der Waals surface area (Å²) in [6, 6.07) is 11.7.